The van der Waals surface area contributed by atoms with Crippen molar-refractivity contribution in [2.24, 2.45) is 4.99 Å². The van der Waals surface area contributed by atoms with Crippen LogP contribution < -0.4 is 10.6 Å². The third kappa shape index (κ3) is 9.30. The van der Waals surface area contributed by atoms with Crippen LogP contribution in [0.2, 0.25) is 0 Å². The molecule has 0 fully saturated rings. The van der Waals surface area contributed by atoms with Crippen LogP contribution in [0.1, 0.15) is 24.8 Å². The van der Waals surface area contributed by atoms with Gasteiger partial charge in [0.05, 0.1) is 5.75 Å². The maximum Gasteiger partial charge on any atom is 0.190 e. The van der Waals surface area contributed by atoms with Crippen molar-refractivity contribution in [3.8, 4) is 0 Å². The van der Waals surface area contributed by atoms with Gasteiger partial charge < -0.3 is 10.6 Å². The predicted octanol–water partition coefficient (Wildman–Crippen LogP) is 2.07. The average molecular weight is 445 g/mol. The van der Waals surface area contributed by atoms with Gasteiger partial charge in [-0.1, -0.05) is 6.92 Å². The van der Waals surface area contributed by atoms with Crippen molar-refractivity contribution in [3.05, 3.63) is 22.4 Å². The first kappa shape index (κ1) is 20.6. The number of halogens is 1. The Kier molecular flexibility index (Phi) is 10.2. The SMILES string of the molecule is CN=C(NCCCS(C)(=O)=O)NCC(C)c1ccsc1.I. The van der Waals surface area contributed by atoms with Crippen molar-refractivity contribution < 1.29 is 8.42 Å². The summed E-state index contributed by atoms with van der Waals surface area (Å²) < 4.78 is 22.0. The lowest BCUT2D eigenvalue weighted by molar-refractivity contribution is 0.598. The summed E-state index contributed by atoms with van der Waals surface area (Å²) in [4.78, 5) is 4.12. The number of hydrogen-bond donors (Lipinski definition) is 2. The van der Waals surface area contributed by atoms with Gasteiger partial charge in [-0.05, 0) is 34.7 Å². The van der Waals surface area contributed by atoms with E-state index in [-0.39, 0.29) is 29.7 Å². The van der Waals surface area contributed by atoms with Crippen LogP contribution in [0, 0.1) is 0 Å². The third-order valence-corrected chi connectivity index (χ3v) is 4.63. The Bertz CT molecular complexity index is 516. The fourth-order valence-corrected chi connectivity index (χ4v) is 3.14. The van der Waals surface area contributed by atoms with Crippen LogP contribution in [0.4, 0.5) is 0 Å². The van der Waals surface area contributed by atoms with Gasteiger partial charge in [-0.25, -0.2) is 8.42 Å². The van der Waals surface area contributed by atoms with Crippen LogP contribution in [0.5, 0.6) is 0 Å². The van der Waals surface area contributed by atoms with E-state index in [2.05, 4.69) is 39.4 Å². The van der Waals surface area contributed by atoms with Crippen LogP contribution in [0.25, 0.3) is 0 Å². The minimum Gasteiger partial charge on any atom is -0.356 e. The number of thiophene rings is 1. The molecule has 0 bridgehead atoms. The van der Waals surface area contributed by atoms with Gasteiger partial charge in [0.25, 0.3) is 0 Å². The predicted molar refractivity (Wildman–Crippen MR) is 102 cm³/mol. The highest BCUT2D eigenvalue weighted by Crippen LogP contribution is 2.16. The molecule has 1 heterocycles. The molecule has 1 atom stereocenters. The van der Waals surface area contributed by atoms with Crippen molar-refractivity contribution >= 4 is 51.1 Å². The molecule has 1 rings (SSSR count). The molecule has 1 aromatic heterocycles. The van der Waals surface area contributed by atoms with Gasteiger partial charge in [0.15, 0.2) is 5.96 Å². The number of rotatable bonds is 7. The molecule has 5 nitrogen and oxygen atoms in total. The zero-order chi connectivity index (χ0) is 15.0. The Morgan fingerprint density at radius 1 is 1.43 bits per heavy atom. The van der Waals surface area contributed by atoms with Gasteiger partial charge >= 0.3 is 0 Å². The molecule has 2 N–H and O–H groups in total. The number of guanidine groups is 1. The van der Waals surface area contributed by atoms with E-state index in [4.69, 9.17) is 0 Å². The smallest absolute Gasteiger partial charge is 0.190 e. The quantitative estimate of drug-likeness (QED) is 0.292. The lowest BCUT2D eigenvalue weighted by Crippen LogP contribution is -2.39. The largest absolute Gasteiger partial charge is 0.356 e. The second kappa shape index (κ2) is 10.4. The van der Waals surface area contributed by atoms with E-state index in [0.717, 1.165) is 6.54 Å². The van der Waals surface area contributed by atoms with E-state index >= 15 is 0 Å². The molecule has 0 spiro atoms. The molecule has 21 heavy (non-hydrogen) atoms. The zero-order valence-electron chi connectivity index (χ0n) is 12.6. The monoisotopic (exact) mass is 445 g/mol. The molecule has 0 saturated heterocycles. The van der Waals surface area contributed by atoms with E-state index in [1.165, 1.54) is 11.8 Å². The van der Waals surface area contributed by atoms with Crippen LogP contribution in [0.15, 0.2) is 21.8 Å². The van der Waals surface area contributed by atoms with E-state index in [9.17, 15) is 8.42 Å². The topological polar surface area (TPSA) is 70.6 Å². The van der Waals surface area contributed by atoms with Crippen molar-refractivity contribution in [1.29, 1.82) is 0 Å². The summed E-state index contributed by atoms with van der Waals surface area (Å²) in [7, 11) is -1.17. The van der Waals surface area contributed by atoms with E-state index in [1.807, 2.05) is 0 Å². The van der Waals surface area contributed by atoms with E-state index < -0.39 is 9.84 Å². The molecule has 0 aromatic carbocycles. The van der Waals surface area contributed by atoms with E-state index in [1.54, 1.807) is 18.4 Å². The summed E-state index contributed by atoms with van der Waals surface area (Å²) in [5.41, 5.74) is 1.31. The highest BCUT2D eigenvalue weighted by molar-refractivity contribution is 14.0. The third-order valence-electron chi connectivity index (χ3n) is 2.90. The molecule has 0 aliphatic heterocycles. The van der Waals surface area contributed by atoms with Crippen LogP contribution in [-0.2, 0) is 9.84 Å². The van der Waals surface area contributed by atoms with Crippen LogP contribution in [-0.4, -0.2) is 46.5 Å². The van der Waals surface area contributed by atoms with Crippen molar-refractivity contribution in [2.75, 3.05) is 32.1 Å². The summed E-state index contributed by atoms with van der Waals surface area (Å²) in [6.07, 6.45) is 1.84. The van der Waals surface area contributed by atoms with Crippen molar-refractivity contribution in [1.82, 2.24) is 10.6 Å². The number of sulfone groups is 1. The summed E-state index contributed by atoms with van der Waals surface area (Å²) in [5.74, 6) is 1.32. The average Bonchev–Trinajstić information content (AvgIpc) is 2.90. The highest BCUT2D eigenvalue weighted by Gasteiger charge is 2.07. The molecule has 8 heteroatoms. The molecular formula is C13H24IN3O2S2. The molecule has 0 radical (unpaired) electrons. The summed E-state index contributed by atoms with van der Waals surface area (Å²) in [6, 6.07) is 2.12. The molecule has 0 aliphatic carbocycles. The van der Waals surface area contributed by atoms with Gasteiger partial charge in [0.1, 0.15) is 9.84 Å². The van der Waals surface area contributed by atoms with Crippen LogP contribution >= 0.6 is 35.3 Å². The van der Waals surface area contributed by atoms with Crippen molar-refractivity contribution in [2.45, 2.75) is 19.3 Å². The van der Waals surface area contributed by atoms with Gasteiger partial charge in [-0.2, -0.15) is 11.3 Å². The van der Waals surface area contributed by atoms with Gasteiger partial charge in [0, 0.05) is 26.4 Å². The van der Waals surface area contributed by atoms with Gasteiger partial charge in [-0.15, -0.1) is 24.0 Å². The van der Waals surface area contributed by atoms with Gasteiger partial charge in [-0.3, -0.25) is 4.99 Å². The molecule has 0 amide bonds. The lowest BCUT2D eigenvalue weighted by atomic mass is 10.1. The summed E-state index contributed by atoms with van der Waals surface area (Å²) in [5, 5.41) is 10.6. The first-order valence-electron chi connectivity index (χ1n) is 6.56. The van der Waals surface area contributed by atoms with Gasteiger partial charge in [0.2, 0.25) is 0 Å². The Morgan fingerprint density at radius 3 is 2.67 bits per heavy atom. The Hall–Kier alpha value is -0.350. The number of nitrogens with zero attached hydrogens (tertiary/aromatic N) is 1. The Balaban J connectivity index is 0.00000400. The maximum absolute atomic E-state index is 11.0. The standard InChI is InChI=1S/C13H23N3O2S2.HI/c1-11(12-5-7-19-10-12)9-16-13(14-2)15-6-4-8-20(3,17)18;/h5,7,10-11H,4,6,8-9H2,1-3H3,(H2,14,15,16);1H. The molecule has 1 unspecified atom stereocenters. The first-order valence-corrected chi connectivity index (χ1v) is 9.57. The summed E-state index contributed by atoms with van der Waals surface area (Å²) >= 11 is 1.70. The highest BCUT2D eigenvalue weighted by atomic mass is 127. The Labute approximate surface area is 148 Å². The number of hydrogen-bond acceptors (Lipinski definition) is 4. The second-order valence-electron chi connectivity index (χ2n) is 4.82. The molecule has 122 valence electrons. The molecule has 0 aliphatic rings. The van der Waals surface area contributed by atoms with Crippen molar-refractivity contribution in [3.63, 3.8) is 0 Å². The molecule has 1 aromatic rings. The lowest BCUT2D eigenvalue weighted by Gasteiger charge is -2.15. The summed E-state index contributed by atoms with van der Waals surface area (Å²) in [6.45, 7) is 3.55. The zero-order valence-corrected chi connectivity index (χ0v) is 16.6. The second-order valence-corrected chi connectivity index (χ2v) is 7.86. The first-order chi connectivity index (χ1) is 9.42. The molecule has 0 saturated carbocycles. The van der Waals surface area contributed by atoms with Crippen LogP contribution in [0.3, 0.4) is 0 Å². The van der Waals surface area contributed by atoms with E-state index in [0.29, 0.717) is 24.8 Å². The minimum absolute atomic E-state index is 0. The Morgan fingerprint density at radius 2 is 2.14 bits per heavy atom. The fourth-order valence-electron chi connectivity index (χ4n) is 1.68. The fraction of sp³-hybridized carbons (Fsp3) is 0.615. The maximum atomic E-state index is 11.0. The molecular weight excluding hydrogens is 421 g/mol. The minimum atomic E-state index is -2.88. The normalized spacial score (nSPS) is 13.4. The number of aliphatic imine (C=N–C) groups is 1. The number of nitrogens with one attached hydrogen (secondary N) is 2.